The van der Waals surface area contributed by atoms with Crippen LogP contribution >= 0.6 is 11.6 Å². The standard InChI is InChI=1S/C14H19ClO/c1-16-13-9-6-11(7-10-13)5-8-12-3-2-4-14(12)15/h6-7,9-10,12,14H,2-5,8H2,1H3. The van der Waals surface area contributed by atoms with Crippen molar-refractivity contribution in [3.63, 3.8) is 0 Å². The second-order valence-electron chi connectivity index (χ2n) is 4.59. The molecule has 0 amide bonds. The van der Waals surface area contributed by atoms with E-state index in [4.69, 9.17) is 16.3 Å². The smallest absolute Gasteiger partial charge is 0.118 e. The van der Waals surface area contributed by atoms with Gasteiger partial charge >= 0.3 is 0 Å². The van der Waals surface area contributed by atoms with E-state index in [1.54, 1.807) is 7.11 Å². The molecule has 2 atom stereocenters. The number of halogens is 1. The van der Waals surface area contributed by atoms with Crippen molar-refractivity contribution in [2.24, 2.45) is 5.92 Å². The molecule has 1 aromatic rings. The van der Waals surface area contributed by atoms with Crippen LogP contribution in [-0.2, 0) is 6.42 Å². The van der Waals surface area contributed by atoms with Gasteiger partial charge in [0.05, 0.1) is 7.11 Å². The summed E-state index contributed by atoms with van der Waals surface area (Å²) < 4.78 is 5.14. The highest BCUT2D eigenvalue weighted by Crippen LogP contribution is 2.33. The molecule has 1 aromatic carbocycles. The molecule has 2 heteroatoms. The van der Waals surface area contributed by atoms with Gasteiger partial charge in [-0.05, 0) is 49.3 Å². The van der Waals surface area contributed by atoms with Crippen LogP contribution in [0.1, 0.15) is 31.2 Å². The number of hydrogen-bond acceptors (Lipinski definition) is 1. The van der Waals surface area contributed by atoms with E-state index in [0.717, 1.165) is 18.1 Å². The van der Waals surface area contributed by atoms with Gasteiger partial charge in [0.15, 0.2) is 0 Å². The van der Waals surface area contributed by atoms with Crippen LogP contribution in [-0.4, -0.2) is 12.5 Å². The zero-order valence-corrected chi connectivity index (χ0v) is 10.5. The molecule has 2 rings (SSSR count). The lowest BCUT2D eigenvalue weighted by molar-refractivity contribution is 0.414. The van der Waals surface area contributed by atoms with Crippen LogP contribution in [0.4, 0.5) is 0 Å². The predicted molar refractivity (Wildman–Crippen MR) is 68.3 cm³/mol. The fourth-order valence-electron chi connectivity index (χ4n) is 2.46. The fraction of sp³-hybridized carbons (Fsp3) is 0.571. The number of aryl methyl sites for hydroxylation is 1. The summed E-state index contributed by atoms with van der Waals surface area (Å²) in [5.41, 5.74) is 1.39. The quantitative estimate of drug-likeness (QED) is 0.720. The van der Waals surface area contributed by atoms with Crippen LogP contribution in [0.2, 0.25) is 0 Å². The molecular weight excluding hydrogens is 220 g/mol. The Kier molecular flexibility index (Phi) is 4.11. The lowest BCUT2D eigenvalue weighted by Crippen LogP contribution is -2.07. The second-order valence-corrected chi connectivity index (χ2v) is 5.15. The average molecular weight is 239 g/mol. The summed E-state index contributed by atoms with van der Waals surface area (Å²) in [7, 11) is 1.70. The molecule has 0 aromatic heterocycles. The van der Waals surface area contributed by atoms with E-state index < -0.39 is 0 Å². The molecule has 2 unspecified atom stereocenters. The molecule has 0 N–H and O–H groups in total. The van der Waals surface area contributed by atoms with Gasteiger partial charge in [-0.25, -0.2) is 0 Å². The van der Waals surface area contributed by atoms with Crippen molar-refractivity contribution in [3.05, 3.63) is 29.8 Å². The van der Waals surface area contributed by atoms with Crippen molar-refractivity contribution >= 4 is 11.6 Å². The molecule has 0 radical (unpaired) electrons. The maximum atomic E-state index is 6.27. The highest BCUT2D eigenvalue weighted by Gasteiger charge is 2.24. The van der Waals surface area contributed by atoms with Crippen LogP contribution in [0.25, 0.3) is 0 Å². The first-order valence-electron chi connectivity index (χ1n) is 6.06. The van der Waals surface area contributed by atoms with Crippen molar-refractivity contribution in [1.29, 1.82) is 0 Å². The first-order valence-corrected chi connectivity index (χ1v) is 6.50. The first-order chi connectivity index (χ1) is 7.79. The highest BCUT2D eigenvalue weighted by atomic mass is 35.5. The number of alkyl halides is 1. The minimum absolute atomic E-state index is 0.415. The van der Waals surface area contributed by atoms with Gasteiger partial charge in [0.25, 0.3) is 0 Å². The minimum atomic E-state index is 0.415. The van der Waals surface area contributed by atoms with E-state index in [1.807, 2.05) is 12.1 Å². The third-order valence-electron chi connectivity index (χ3n) is 3.53. The number of rotatable bonds is 4. The highest BCUT2D eigenvalue weighted by molar-refractivity contribution is 6.20. The number of benzene rings is 1. The molecule has 0 spiro atoms. The Morgan fingerprint density at radius 3 is 2.56 bits per heavy atom. The van der Waals surface area contributed by atoms with Gasteiger partial charge in [0, 0.05) is 5.38 Å². The summed E-state index contributed by atoms with van der Waals surface area (Å²) in [4.78, 5) is 0. The third-order valence-corrected chi connectivity index (χ3v) is 4.10. The van der Waals surface area contributed by atoms with Gasteiger partial charge < -0.3 is 4.74 Å². The normalized spacial score (nSPS) is 24.6. The van der Waals surface area contributed by atoms with Gasteiger partial charge in [0.1, 0.15) is 5.75 Å². The van der Waals surface area contributed by atoms with E-state index in [1.165, 1.54) is 31.2 Å². The molecule has 0 aliphatic heterocycles. The van der Waals surface area contributed by atoms with Crippen molar-refractivity contribution in [2.45, 2.75) is 37.5 Å². The number of hydrogen-bond donors (Lipinski definition) is 0. The summed E-state index contributed by atoms with van der Waals surface area (Å²) in [6.45, 7) is 0. The minimum Gasteiger partial charge on any atom is -0.497 e. The molecule has 16 heavy (non-hydrogen) atoms. The van der Waals surface area contributed by atoms with E-state index in [0.29, 0.717) is 5.38 Å². The van der Waals surface area contributed by atoms with Crippen LogP contribution in [0.5, 0.6) is 5.75 Å². The van der Waals surface area contributed by atoms with E-state index in [2.05, 4.69) is 12.1 Å². The maximum absolute atomic E-state index is 6.27. The Hall–Kier alpha value is -0.690. The SMILES string of the molecule is COc1ccc(CCC2CCCC2Cl)cc1. The molecule has 0 saturated heterocycles. The predicted octanol–water partition coefficient (Wildman–Crippen LogP) is 4.04. The Morgan fingerprint density at radius 2 is 2.00 bits per heavy atom. The number of ether oxygens (including phenoxy) is 1. The molecule has 1 saturated carbocycles. The van der Waals surface area contributed by atoms with Crippen molar-refractivity contribution < 1.29 is 4.74 Å². The largest absolute Gasteiger partial charge is 0.497 e. The Morgan fingerprint density at radius 1 is 1.25 bits per heavy atom. The Labute approximate surface area is 103 Å². The first kappa shape index (κ1) is 11.8. The lowest BCUT2D eigenvalue weighted by Gasteiger charge is -2.13. The summed E-state index contributed by atoms with van der Waals surface area (Å²) in [6, 6.07) is 8.36. The molecule has 1 aliphatic rings. The van der Waals surface area contributed by atoms with E-state index >= 15 is 0 Å². The molecular formula is C14H19ClO. The molecule has 1 nitrogen and oxygen atoms in total. The summed E-state index contributed by atoms with van der Waals surface area (Å²) >= 11 is 6.27. The maximum Gasteiger partial charge on any atom is 0.118 e. The Balaban J connectivity index is 1.84. The molecule has 1 aliphatic carbocycles. The summed E-state index contributed by atoms with van der Waals surface area (Å²) in [6.07, 6.45) is 6.18. The van der Waals surface area contributed by atoms with Crippen LogP contribution in [0.15, 0.2) is 24.3 Å². The van der Waals surface area contributed by atoms with Gasteiger partial charge in [0.2, 0.25) is 0 Å². The van der Waals surface area contributed by atoms with Crippen molar-refractivity contribution in [2.75, 3.05) is 7.11 Å². The van der Waals surface area contributed by atoms with Gasteiger partial charge in [-0.1, -0.05) is 18.6 Å². The fourth-order valence-corrected chi connectivity index (χ4v) is 2.87. The third kappa shape index (κ3) is 2.91. The molecule has 0 bridgehead atoms. The zero-order valence-electron chi connectivity index (χ0n) is 9.79. The van der Waals surface area contributed by atoms with Crippen molar-refractivity contribution in [3.8, 4) is 5.75 Å². The Bertz CT molecular complexity index is 320. The van der Waals surface area contributed by atoms with Crippen LogP contribution in [0.3, 0.4) is 0 Å². The average Bonchev–Trinajstić information content (AvgIpc) is 2.73. The van der Waals surface area contributed by atoms with Crippen molar-refractivity contribution in [1.82, 2.24) is 0 Å². The van der Waals surface area contributed by atoms with E-state index in [9.17, 15) is 0 Å². The molecule has 88 valence electrons. The van der Waals surface area contributed by atoms with E-state index in [-0.39, 0.29) is 0 Å². The van der Waals surface area contributed by atoms with Crippen LogP contribution < -0.4 is 4.74 Å². The monoisotopic (exact) mass is 238 g/mol. The molecule has 0 heterocycles. The lowest BCUT2D eigenvalue weighted by atomic mass is 9.98. The topological polar surface area (TPSA) is 9.23 Å². The van der Waals surface area contributed by atoms with Gasteiger partial charge in [-0.3, -0.25) is 0 Å². The number of methoxy groups -OCH3 is 1. The zero-order chi connectivity index (χ0) is 11.4. The second kappa shape index (κ2) is 5.58. The molecule has 1 fully saturated rings. The summed E-state index contributed by atoms with van der Waals surface area (Å²) in [5, 5.41) is 0.415. The van der Waals surface area contributed by atoms with Gasteiger partial charge in [-0.2, -0.15) is 0 Å². The van der Waals surface area contributed by atoms with Gasteiger partial charge in [-0.15, -0.1) is 11.6 Å². The van der Waals surface area contributed by atoms with Crippen LogP contribution in [0, 0.1) is 5.92 Å². The summed E-state index contributed by atoms with van der Waals surface area (Å²) in [5.74, 6) is 1.66.